The largest absolute Gasteiger partial charge is 0.317 e. The molecule has 124 valence electrons. The molecule has 0 radical (unpaired) electrons. The van der Waals surface area contributed by atoms with E-state index >= 15 is 0 Å². The third-order valence-corrected chi connectivity index (χ3v) is 6.93. The Hall–Kier alpha value is -0.0400. The molecule has 2 fully saturated rings. The van der Waals surface area contributed by atoms with Gasteiger partial charge in [-0.05, 0) is 86.6 Å². The lowest BCUT2D eigenvalue weighted by Crippen LogP contribution is -2.40. The van der Waals surface area contributed by atoms with E-state index in [1.165, 1.54) is 45.1 Å². The topological polar surface area (TPSA) is 12.0 Å². The predicted molar refractivity (Wildman–Crippen MR) is 93.4 cm³/mol. The maximum Gasteiger partial charge on any atom is -0.00179 e. The zero-order valence-electron chi connectivity index (χ0n) is 15.2. The van der Waals surface area contributed by atoms with Crippen molar-refractivity contribution in [2.24, 2.45) is 41.4 Å². The molecule has 21 heavy (non-hydrogen) atoms. The normalized spacial score (nSPS) is 41.4. The Balaban J connectivity index is 2.01. The maximum absolute atomic E-state index is 3.65. The molecule has 0 aromatic heterocycles. The number of nitrogens with one attached hydrogen (secondary N) is 1. The average Bonchev–Trinajstić information content (AvgIpc) is 2.47. The second-order valence-electron chi connectivity index (χ2n) is 8.58. The van der Waals surface area contributed by atoms with Crippen molar-refractivity contribution in [1.82, 2.24) is 5.32 Å². The van der Waals surface area contributed by atoms with Gasteiger partial charge in [-0.15, -0.1) is 0 Å². The van der Waals surface area contributed by atoms with Crippen molar-refractivity contribution >= 4 is 0 Å². The van der Waals surface area contributed by atoms with Crippen LogP contribution in [0.15, 0.2) is 0 Å². The molecule has 2 aliphatic rings. The van der Waals surface area contributed by atoms with Crippen molar-refractivity contribution in [3.05, 3.63) is 0 Å². The van der Waals surface area contributed by atoms with Gasteiger partial charge in [-0.3, -0.25) is 0 Å². The molecule has 2 aliphatic carbocycles. The van der Waals surface area contributed by atoms with Crippen molar-refractivity contribution in [3.63, 3.8) is 0 Å². The van der Waals surface area contributed by atoms with Crippen LogP contribution in [0.5, 0.6) is 0 Å². The van der Waals surface area contributed by atoms with E-state index in [2.05, 4.69) is 39.9 Å². The van der Waals surface area contributed by atoms with Crippen LogP contribution in [0, 0.1) is 41.4 Å². The maximum atomic E-state index is 3.65. The summed E-state index contributed by atoms with van der Waals surface area (Å²) in [5, 5.41) is 3.65. The van der Waals surface area contributed by atoms with Gasteiger partial charge in [-0.1, -0.05) is 41.0 Å². The molecule has 0 aromatic carbocycles. The lowest BCUT2D eigenvalue weighted by atomic mass is 9.61. The molecular weight excluding hydrogens is 254 g/mol. The van der Waals surface area contributed by atoms with Gasteiger partial charge in [0.15, 0.2) is 0 Å². The predicted octanol–water partition coefficient (Wildman–Crippen LogP) is 5.36. The highest BCUT2D eigenvalue weighted by molar-refractivity contribution is 4.89. The summed E-state index contributed by atoms with van der Waals surface area (Å²) in [6.07, 6.45) is 8.94. The highest BCUT2D eigenvalue weighted by atomic mass is 14.8. The fourth-order valence-electron chi connectivity index (χ4n) is 5.05. The molecule has 1 heteroatoms. The first-order valence-corrected chi connectivity index (χ1v) is 9.73. The minimum absolute atomic E-state index is 0.882. The molecule has 0 saturated heterocycles. The number of hydrogen-bond donors (Lipinski definition) is 1. The standard InChI is InChI=1S/C20H39N/c1-6-21-13-19-10-9-17(14(2)3)12-20(19)18-8-7-15(4)16(5)11-18/h14-21H,6-13H2,1-5H3. The molecule has 0 heterocycles. The van der Waals surface area contributed by atoms with Gasteiger partial charge in [0.1, 0.15) is 0 Å². The van der Waals surface area contributed by atoms with Gasteiger partial charge in [0.2, 0.25) is 0 Å². The molecule has 1 nitrogen and oxygen atoms in total. The summed E-state index contributed by atoms with van der Waals surface area (Å²) < 4.78 is 0. The molecule has 2 rings (SSSR count). The van der Waals surface area contributed by atoms with Gasteiger partial charge in [-0.25, -0.2) is 0 Å². The molecule has 0 spiro atoms. The quantitative estimate of drug-likeness (QED) is 0.720. The van der Waals surface area contributed by atoms with Crippen LogP contribution in [0.2, 0.25) is 0 Å². The molecule has 0 aliphatic heterocycles. The zero-order valence-corrected chi connectivity index (χ0v) is 15.2. The van der Waals surface area contributed by atoms with Crippen LogP contribution in [0.3, 0.4) is 0 Å². The lowest BCUT2D eigenvalue weighted by molar-refractivity contribution is 0.0552. The molecule has 2 saturated carbocycles. The van der Waals surface area contributed by atoms with E-state index in [9.17, 15) is 0 Å². The molecule has 0 bridgehead atoms. The van der Waals surface area contributed by atoms with Crippen LogP contribution in [-0.2, 0) is 0 Å². The van der Waals surface area contributed by atoms with E-state index in [1.807, 2.05) is 0 Å². The first kappa shape index (κ1) is 17.3. The highest BCUT2D eigenvalue weighted by Crippen LogP contribution is 2.47. The van der Waals surface area contributed by atoms with Crippen molar-refractivity contribution in [3.8, 4) is 0 Å². The molecule has 0 amide bonds. The summed E-state index contributed by atoms with van der Waals surface area (Å²) in [6, 6.07) is 0. The Kier molecular flexibility index (Phi) is 6.59. The van der Waals surface area contributed by atoms with Crippen LogP contribution >= 0.6 is 0 Å². The molecule has 6 unspecified atom stereocenters. The summed E-state index contributed by atoms with van der Waals surface area (Å²) in [5.74, 6) is 6.74. The minimum atomic E-state index is 0.882. The van der Waals surface area contributed by atoms with Crippen molar-refractivity contribution in [2.45, 2.75) is 73.1 Å². The van der Waals surface area contributed by atoms with Gasteiger partial charge in [-0.2, -0.15) is 0 Å². The summed E-state index contributed by atoms with van der Waals surface area (Å²) in [5.41, 5.74) is 0. The Labute approximate surface area is 133 Å². The van der Waals surface area contributed by atoms with E-state index in [4.69, 9.17) is 0 Å². The van der Waals surface area contributed by atoms with Crippen LogP contribution < -0.4 is 5.32 Å². The Morgan fingerprint density at radius 2 is 1.71 bits per heavy atom. The van der Waals surface area contributed by atoms with Gasteiger partial charge >= 0.3 is 0 Å². The fourth-order valence-corrected chi connectivity index (χ4v) is 5.05. The van der Waals surface area contributed by atoms with Crippen LogP contribution in [0.1, 0.15) is 73.1 Å². The Bertz CT molecular complexity index is 298. The zero-order chi connectivity index (χ0) is 15.4. The smallest absolute Gasteiger partial charge is 0.00179 e. The molecule has 6 atom stereocenters. The minimum Gasteiger partial charge on any atom is -0.317 e. The van der Waals surface area contributed by atoms with Crippen molar-refractivity contribution in [2.75, 3.05) is 13.1 Å². The van der Waals surface area contributed by atoms with E-state index in [0.717, 1.165) is 48.0 Å². The first-order chi connectivity index (χ1) is 10.0. The third kappa shape index (κ3) is 4.47. The fraction of sp³-hybridized carbons (Fsp3) is 1.00. The summed E-state index contributed by atoms with van der Waals surface area (Å²) >= 11 is 0. The molecule has 0 aromatic rings. The van der Waals surface area contributed by atoms with E-state index in [-0.39, 0.29) is 0 Å². The van der Waals surface area contributed by atoms with Crippen LogP contribution in [-0.4, -0.2) is 13.1 Å². The second-order valence-corrected chi connectivity index (χ2v) is 8.58. The van der Waals surface area contributed by atoms with E-state index < -0.39 is 0 Å². The summed E-state index contributed by atoms with van der Waals surface area (Å²) in [6.45, 7) is 14.5. The lowest BCUT2D eigenvalue weighted by Gasteiger charge is -2.45. The van der Waals surface area contributed by atoms with Gasteiger partial charge in [0.25, 0.3) is 0 Å². The van der Waals surface area contributed by atoms with Crippen LogP contribution in [0.4, 0.5) is 0 Å². The van der Waals surface area contributed by atoms with Crippen LogP contribution in [0.25, 0.3) is 0 Å². The molecule has 1 N–H and O–H groups in total. The van der Waals surface area contributed by atoms with Crippen molar-refractivity contribution < 1.29 is 0 Å². The van der Waals surface area contributed by atoms with Crippen molar-refractivity contribution in [1.29, 1.82) is 0 Å². The number of rotatable bonds is 5. The third-order valence-electron chi connectivity index (χ3n) is 6.93. The summed E-state index contributed by atoms with van der Waals surface area (Å²) in [4.78, 5) is 0. The van der Waals surface area contributed by atoms with Gasteiger partial charge < -0.3 is 5.32 Å². The Morgan fingerprint density at radius 3 is 2.33 bits per heavy atom. The highest BCUT2D eigenvalue weighted by Gasteiger charge is 2.38. The Morgan fingerprint density at radius 1 is 0.952 bits per heavy atom. The monoisotopic (exact) mass is 293 g/mol. The SMILES string of the molecule is CCNCC1CCC(C(C)C)CC1C1CCC(C)C(C)C1. The van der Waals surface area contributed by atoms with Gasteiger partial charge in [0.05, 0.1) is 0 Å². The van der Waals surface area contributed by atoms with E-state index in [0.29, 0.717) is 0 Å². The average molecular weight is 294 g/mol. The molecular formula is C20H39N. The second kappa shape index (κ2) is 7.99. The number of hydrogen-bond acceptors (Lipinski definition) is 1. The summed E-state index contributed by atoms with van der Waals surface area (Å²) in [7, 11) is 0. The van der Waals surface area contributed by atoms with E-state index in [1.54, 1.807) is 0 Å². The van der Waals surface area contributed by atoms with Gasteiger partial charge in [0, 0.05) is 0 Å². The first-order valence-electron chi connectivity index (χ1n) is 9.73.